The van der Waals surface area contributed by atoms with E-state index < -0.39 is 0 Å². The lowest BCUT2D eigenvalue weighted by Crippen LogP contribution is -1.98. The molecule has 0 saturated carbocycles. The van der Waals surface area contributed by atoms with Crippen molar-refractivity contribution in [2.75, 3.05) is 12.4 Å². The van der Waals surface area contributed by atoms with Gasteiger partial charge in [0.1, 0.15) is 0 Å². The minimum Gasteiger partial charge on any atom is -0.465 e. The number of benzene rings is 2. The highest BCUT2D eigenvalue weighted by Crippen LogP contribution is 2.20. The number of nitrogens with one attached hydrogen (secondary N) is 2. The Morgan fingerprint density at radius 1 is 0.800 bits per heavy atom. The van der Waals surface area contributed by atoms with Gasteiger partial charge in [-0.2, -0.15) is 4.98 Å². The lowest BCUT2D eigenvalue weighted by Gasteiger charge is -2.02. The molecule has 2 N–H and O–H groups in total. The molecular weight excluding hydrogens is 332 g/mol. The van der Waals surface area contributed by atoms with Gasteiger partial charge in [-0.05, 0) is 43.5 Å². The first-order chi connectivity index (χ1) is 12.4. The fourth-order valence-electron chi connectivity index (χ4n) is 2.71. The number of rotatable bonds is 8. The van der Waals surface area contributed by atoms with E-state index >= 15 is 0 Å². The van der Waals surface area contributed by atoms with Gasteiger partial charge in [0.2, 0.25) is 0 Å². The summed E-state index contributed by atoms with van der Waals surface area (Å²) >= 11 is 1.78. The number of nitrogens with zero attached hydrogens (tertiary/aromatic N) is 2. The molecule has 4 rings (SSSR count). The summed E-state index contributed by atoms with van der Waals surface area (Å²) in [6, 6.07) is 16.7. The summed E-state index contributed by atoms with van der Waals surface area (Å²) in [4.78, 5) is 15.5. The van der Waals surface area contributed by atoms with Crippen LogP contribution in [0.25, 0.3) is 22.1 Å². The summed E-state index contributed by atoms with van der Waals surface area (Å²) in [5.41, 5.74) is 4.09. The molecule has 4 aromatic rings. The van der Waals surface area contributed by atoms with Crippen molar-refractivity contribution in [2.24, 2.45) is 0 Å². The van der Waals surface area contributed by atoms with E-state index in [-0.39, 0.29) is 0 Å². The summed E-state index contributed by atoms with van der Waals surface area (Å²) in [5, 5.41) is 1.000. The number of para-hydroxylation sites is 4. The molecule has 0 aliphatic carbocycles. The zero-order chi connectivity index (χ0) is 16.9. The second-order valence-corrected chi connectivity index (χ2v) is 6.96. The molecule has 0 atom stereocenters. The molecule has 0 saturated heterocycles. The third-order valence-corrected chi connectivity index (χ3v) is 4.96. The van der Waals surface area contributed by atoms with Crippen molar-refractivity contribution in [3.8, 4) is 6.01 Å². The molecule has 0 fully saturated rings. The number of imidazole rings is 2. The third kappa shape index (κ3) is 3.96. The molecule has 2 aromatic heterocycles. The molecule has 2 aromatic carbocycles. The van der Waals surface area contributed by atoms with Gasteiger partial charge >= 0.3 is 0 Å². The van der Waals surface area contributed by atoms with Gasteiger partial charge in [0.25, 0.3) is 6.01 Å². The maximum absolute atomic E-state index is 5.70. The van der Waals surface area contributed by atoms with Crippen molar-refractivity contribution in [1.29, 1.82) is 0 Å². The number of thioether (sulfide) groups is 1. The second kappa shape index (κ2) is 7.61. The summed E-state index contributed by atoms with van der Waals surface area (Å²) in [6.07, 6.45) is 3.30. The van der Waals surface area contributed by atoms with Crippen molar-refractivity contribution in [1.82, 2.24) is 19.9 Å². The molecule has 0 unspecified atom stereocenters. The van der Waals surface area contributed by atoms with Gasteiger partial charge in [0.05, 0.1) is 28.7 Å². The van der Waals surface area contributed by atoms with Crippen LogP contribution >= 0.6 is 11.8 Å². The van der Waals surface area contributed by atoms with Crippen LogP contribution in [0.3, 0.4) is 0 Å². The first-order valence-corrected chi connectivity index (χ1v) is 9.52. The van der Waals surface area contributed by atoms with Crippen molar-refractivity contribution < 1.29 is 4.74 Å². The monoisotopic (exact) mass is 352 g/mol. The van der Waals surface area contributed by atoms with Gasteiger partial charge in [-0.3, -0.25) is 0 Å². The minimum atomic E-state index is 0.609. The molecule has 0 aliphatic rings. The Hall–Kier alpha value is -2.47. The van der Waals surface area contributed by atoms with Crippen LogP contribution in [0.4, 0.5) is 0 Å². The van der Waals surface area contributed by atoms with E-state index in [4.69, 9.17) is 4.74 Å². The minimum absolute atomic E-state index is 0.609. The van der Waals surface area contributed by atoms with E-state index in [1.807, 2.05) is 42.5 Å². The topological polar surface area (TPSA) is 66.6 Å². The first kappa shape index (κ1) is 16.0. The van der Waals surface area contributed by atoms with Crippen LogP contribution < -0.4 is 4.74 Å². The van der Waals surface area contributed by atoms with Gasteiger partial charge in [-0.25, -0.2) is 4.98 Å². The average Bonchev–Trinajstić information content (AvgIpc) is 3.23. The zero-order valence-corrected chi connectivity index (χ0v) is 14.7. The number of unbranched alkanes of at least 4 members (excludes halogenated alkanes) is 2. The van der Waals surface area contributed by atoms with Crippen molar-refractivity contribution in [3.63, 3.8) is 0 Å². The first-order valence-electron chi connectivity index (χ1n) is 8.53. The van der Waals surface area contributed by atoms with Crippen LogP contribution in [0.5, 0.6) is 6.01 Å². The van der Waals surface area contributed by atoms with Crippen molar-refractivity contribution >= 4 is 33.8 Å². The molecule has 0 amide bonds. The fraction of sp³-hybridized carbons (Fsp3) is 0.263. The third-order valence-electron chi connectivity index (χ3n) is 4.00. The number of aromatic nitrogens is 4. The molecule has 0 spiro atoms. The number of hydrogen-bond donors (Lipinski definition) is 2. The van der Waals surface area contributed by atoms with Gasteiger partial charge in [-0.1, -0.05) is 36.0 Å². The molecule has 128 valence electrons. The normalized spacial score (nSPS) is 11.4. The Kier molecular flexibility index (Phi) is 4.88. The molecule has 0 aliphatic heterocycles. The highest BCUT2D eigenvalue weighted by atomic mass is 32.2. The summed E-state index contributed by atoms with van der Waals surface area (Å²) in [7, 11) is 0. The van der Waals surface area contributed by atoms with E-state index in [9.17, 15) is 0 Å². The molecule has 0 radical (unpaired) electrons. The Morgan fingerprint density at radius 3 is 2.28 bits per heavy atom. The predicted molar refractivity (Wildman–Crippen MR) is 102 cm³/mol. The van der Waals surface area contributed by atoms with E-state index in [0.29, 0.717) is 12.6 Å². The summed E-state index contributed by atoms with van der Waals surface area (Å²) in [6.45, 7) is 0.690. The van der Waals surface area contributed by atoms with Gasteiger partial charge in [0.15, 0.2) is 5.16 Å². The Labute approximate surface area is 150 Å². The fourth-order valence-corrected chi connectivity index (χ4v) is 3.60. The Bertz CT molecular complexity index is 818. The molecule has 2 heterocycles. The lowest BCUT2D eigenvalue weighted by molar-refractivity contribution is 0.286. The quantitative estimate of drug-likeness (QED) is 0.354. The van der Waals surface area contributed by atoms with E-state index in [0.717, 1.165) is 52.2 Å². The van der Waals surface area contributed by atoms with Gasteiger partial charge in [-0.15, -0.1) is 0 Å². The van der Waals surface area contributed by atoms with Crippen LogP contribution in [-0.4, -0.2) is 32.3 Å². The Morgan fingerprint density at radius 2 is 1.52 bits per heavy atom. The number of ether oxygens (including phenoxy) is 1. The van der Waals surface area contributed by atoms with Crippen LogP contribution in [0, 0.1) is 0 Å². The number of H-pyrrole nitrogens is 2. The van der Waals surface area contributed by atoms with Crippen LogP contribution in [0.2, 0.25) is 0 Å². The largest absolute Gasteiger partial charge is 0.465 e. The summed E-state index contributed by atoms with van der Waals surface area (Å²) < 4.78 is 5.70. The zero-order valence-electron chi connectivity index (χ0n) is 13.9. The van der Waals surface area contributed by atoms with E-state index in [2.05, 4.69) is 26.0 Å². The Balaban J connectivity index is 1.15. The maximum atomic E-state index is 5.70. The van der Waals surface area contributed by atoms with Gasteiger partial charge in [0, 0.05) is 5.75 Å². The SMILES string of the molecule is c1ccc2[nH]c(OCCCCCSc3nc4ccccc4[nH]3)nc2c1. The average molecular weight is 352 g/mol. The maximum Gasteiger partial charge on any atom is 0.294 e. The van der Waals surface area contributed by atoms with Crippen LogP contribution in [-0.2, 0) is 0 Å². The molecule has 25 heavy (non-hydrogen) atoms. The number of aromatic amines is 2. The molecular formula is C19H20N4OS. The van der Waals surface area contributed by atoms with E-state index in [1.54, 1.807) is 11.8 Å². The molecule has 5 nitrogen and oxygen atoms in total. The number of hydrogen-bond acceptors (Lipinski definition) is 4. The van der Waals surface area contributed by atoms with Crippen LogP contribution in [0.1, 0.15) is 19.3 Å². The highest BCUT2D eigenvalue weighted by Gasteiger charge is 2.03. The van der Waals surface area contributed by atoms with Gasteiger partial charge < -0.3 is 14.7 Å². The smallest absolute Gasteiger partial charge is 0.294 e. The van der Waals surface area contributed by atoms with Crippen molar-refractivity contribution in [3.05, 3.63) is 48.5 Å². The summed E-state index contributed by atoms with van der Waals surface area (Å²) in [5.74, 6) is 1.06. The van der Waals surface area contributed by atoms with E-state index in [1.165, 1.54) is 0 Å². The van der Waals surface area contributed by atoms with Crippen molar-refractivity contribution in [2.45, 2.75) is 24.4 Å². The molecule has 6 heteroatoms. The highest BCUT2D eigenvalue weighted by molar-refractivity contribution is 7.99. The molecule has 0 bridgehead atoms. The standard InChI is InChI=1S/C19H20N4OS/c1(6-12-24-18-20-14-8-2-3-9-15(14)21-18)7-13-25-19-22-16-10-4-5-11-17(16)23-19/h2-5,8-11H,1,6-7,12-13H2,(H,20,21)(H,22,23). The number of fused-ring (bicyclic) bond motifs is 2. The van der Waals surface area contributed by atoms with Crippen LogP contribution in [0.15, 0.2) is 53.7 Å². The lowest BCUT2D eigenvalue weighted by atomic mass is 10.3. The second-order valence-electron chi connectivity index (χ2n) is 5.88. The predicted octanol–water partition coefficient (Wildman–Crippen LogP) is 4.78.